The van der Waals surface area contributed by atoms with E-state index in [-0.39, 0.29) is 11.3 Å². The van der Waals surface area contributed by atoms with Crippen LogP contribution in [-0.4, -0.2) is 0 Å². The van der Waals surface area contributed by atoms with Gasteiger partial charge in [0.2, 0.25) is 0 Å². The summed E-state index contributed by atoms with van der Waals surface area (Å²) >= 11 is 0. The smallest absolute Gasteiger partial charge is 0.266 e. The van der Waals surface area contributed by atoms with Gasteiger partial charge in [-0.3, -0.25) is 0 Å². The van der Waals surface area contributed by atoms with Gasteiger partial charge in [0.15, 0.2) is 0 Å². The molecule has 0 atom stereocenters. The van der Waals surface area contributed by atoms with Gasteiger partial charge in [0.25, 0.3) is 6.43 Å². The van der Waals surface area contributed by atoms with Crippen molar-refractivity contribution in [1.29, 1.82) is 0 Å². The van der Waals surface area contributed by atoms with Crippen LogP contribution in [0.15, 0.2) is 24.8 Å². The fourth-order valence-electron chi connectivity index (χ4n) is 0.966. The fourth-order valence-corrected chi connectivity index (χ4v) is 0.966. The van der Waals surface area contributed by atoms with Gasteiger partial charge in [0.05, 0.1) is 5.56 Å². The summed E-state index contributed by atoms with van der Waals surface area (Å²) in [5.41, 5.74) is 4.43. The van der Waals surface area contributed by atoms with E-state index in [1.807, 2.05) is 0 Å². The highest BCUT2D eigenvalue weighted by molar-refractivity contribution is 5.61. The summed E-state index contributed by atoms with van der Waals surface area (Å²) in [7, 11) is 0. The second kappa shape index (κ2) is 3.51. The zero-order valence-corrected chi connectivity index (χ0v) is 6.73. The van der Waals surface area contributed by atoms with Gasteiger partial charge < -0.3 is 5.73 Å². The Morgan fingerprint density at radius 1 is 1.38 bits per heavy atom. The van der Waals surface area contributed by atoms with E-state index < -0.39 is 17.8 Å². The molecule has 0 aromatic heterocycles. The lowest BCUT2D eigenvalue weighted by molar-refractivity contribution is 0.146. The molecule has 0 spiro atoms. The molecule has 0 unspecified atom stereocenters. The lowest BCUT2D eigenvalue weighted by atomic mass is 10.1. The van der Waals surface area contributed by atoms with Gasteiger partial charge in [-0.1, -0.05) is 18.7 Å². The van der Waals surface area contributed by atoms with Crippen molar-refractivity contribution in [1.82, 2.24) is 0 Å². The van der Waals surface area contributed by atoms with Gasteiger partial charge in [-0.05, 0) is 6.07 Å². The molecule has 0 aliphatic carbocycles. The molecule has 0 fully saturated rings. The molecule has 0 saturated heterocycles. The highest BCUT2D eigenvalue weighted by Gasteiger charge is 2.16. The first-order valence-corrected chi connectivity index (χ1v) is 3.55. The summed E-state index contributed by atoms with van der Waals surface area (Å²) in [4.78, 5) is 0. The van der Waals surface area contributed by atoms with Crippen molar-refractivity contribution in [2.24, 2.45) is 5.73 Å². The monoisotopic (exact) mass is 187 g/mol. The maximum atomic E-state index is 13.2. The van der Waals surface area contributed by atoms with Gasteiger partial charge in [0.1, 0.15) is 5.82 Å². The van der Waals surface area contributed by atoms with Crippen LogP contribution in [0.2, 0.25) is 0 Å². The van der Waals surface area contributed by atoms with E-state index in [0.29, 0.717) is 0 Å². The molecule has 0 amide bonds. The number of hydrogen-bond acceptors (Lipinski definition) is 1. The highest BCUT2D eigenvalue weighted by atomic mass is 19.3. The number of rotatable bonds is 2. The first-order chi connectivity index (χ1) is 6.04. The second-order valence-electron chi connectivity index (χ2n) is 2.53. The number of alkyl halides is 2. The second-order valence-corrected chi connectivity index (χ2v) is 2.53. The average molecular weight is 187 g/mol. The van der Waals surface area contributed by atoms with E-state index in [1.54, 1.807) is 0 Å². The molecule has 1 aromatic rings. The summed E-state index contributed by atoms with van der Waals surface area (Å²) < 4.78 is 37.5. The van der Waals surface area contributed by atoms with Crippen LogP contribution in [0.4, 0.5) is 13.2 Å². The standard InChI is InChI=1S/C9H8F3N/c1-5(13)6-3-2-4-7(8(6)10)9(11)12/h2-4,9H,1,13H2. The summed E-state index contributed by atoms with van der Waals surface area (Å²) in [6.45, 7) is 3.28. The molecular weight excluding hydrogens is 179 g/mol. The van der Waals surface area contributed by atoms with Crippen LogP contribution >= 0.6 is 0 Å². The van der Waals surface area contributed by atoms with Crippen LogP contribution in [0.1, 0.15) is 17.6 Å². The maximum absolute atomic E-state index is 13.2. The Hall–Kier alpha value is -1.45. The van der Waals surface area contributed by atoms with Gasteiger partial charge in [-0.2, -0.15) is 0 Å². The lowest BCUT2D eigenvalue weighted by Crippen LogP contribution is -2.01. The molecular formula is C9H8F3N. The molecule has 1 nitrogen and oxygen atoms in total. The molecule has 1 aromatic carbocycles. The Morgan fingerprint density at radius 2 is 2.00 bits per heavy atom. The number of hydrogen-bond donors (Lipinski definition) is 1. The van der Waals surface area contributed by atoms with Crippen molar-refractivity contribution in [2.75, 3.05) is 0 Å². The van der Waals surface area contributed by atoms with E-state index in [9.17, 15) is 13.2 Å². The minimum Gasteiger partial charge on any atom is -0.399 e. The Bertz CT molecular complexity index is 334. The quantitative estimate of drug-likeness (QED) is 0.756. The average Bonchev–Trinajstić information content (AvgIpc) is 2.03. The van der Waals surface area contributed by atoms with E-state index in [1.165, 1.54) is 12.1 Å². The van der Waals surface area contributed by atoms with Crippen LogP contribution in [0.25, 0.3) is 5.70 Å². The largest absolute Gasteiger partial charge is 0.399 e. The molecule has 0 heterocycles. The van der Waals surface area contributed by atoms with E-state index in [4.69, 9.17) is 5.73 Å². The SMILES string of the molecule is C=C(N)c1cccc(C(F)F)c1F. The van der Waals surface area contributed by atoms with Gasteiger partial charge in [0, 0.05) is 11.3 Å². The van der Waals surface area contributed by atoms with Crippen molar-refractivity contribution < 1.29 is 13.2 Å². The maximum Gasteiger partial charge on any atom is 0.266 e. The molecule has 0 aliphatic rings. The van der Waals surface area contributed by atoms with Gasteiger partial charge in [-0.15, -0.1) is 0 Å². The van der Waals surface area contributed by atoms with Crippen molar-refractivity contribution in [3.05, 3.63) is 41.7 Å². The third-order valence-corrected chi connectivity index (χ3v) is 1.61. The van der Waals surface area contributed by atoms with Crippen molar-refractivity contribution in [2.45, 2.75) is 6.43 Å². The Kier molecular flexibility index (Phi) is 2.60. The summed E-state index contributed by atoms with van der Waals surface area (Å²) in [5, 5.41) is 0. The van der Waals surface area contributed by atoms with Crippen LogP contribution < -0.4 is 5.73 Å². The van der Waals surface area contributed by atoms with Crippen LogP contribution in [0.5, 0.6) is 0 Å². The zero-order chi connectivity index (χ0) is 10.0. The third kappa shape index (κ3) is 1.83. The third-order valence-electron chi connectivity index (χ3n) is 1.61. The minimum atomic E-state index is -2.83. The number of nitrogens with two attached hydrogens (primary N) is 1. The molecule has 0 bridgehead atoms. The lowest BCUT2D eigenvalue weighted by Gasteiger charge is -2.06. The van der Waals surface area contributed by atoms with Crippen LogP contribution in [0.3, 0.4) is 0 Å². The van der Waals surface area contributed by atoms with Crippen molar-refractivity contribution in [3.8, 4) is 0 Å². The topological polar surface area (TPSA) is 26.0 Å². The van der Waals surface area contributed by atoms with Crippen molar-refractivity contribution >= 4 is 5.70 Å². The van der Waals surface area contributed by atoms with Crippen LogP contribution in [0, 0.1) is 5.82 Å². The zero-order valence-electron chi connectivity index (χ0n) is 6.73. The highest BCUT2D eigenvalue weighted by Crippen LogP contribution is 2.25. The summed E-state index contributed by atoms with van der Waals surface area (Å²) in [6, 6.07) is 3.65. The Morgan fingerprint density at radius 3 is 2.46 bits per heavy atom. The minimum absolute atomic E-state index is 0.0556. The molecule has 4 heteroatoms. The van der Waals surface area contributed by atoms with Crippen molar-refractivity contribution in [3.63, 3.8) is 0 Å². The number of halogens is 3. The van der Waals surface area contributed by atoms with E-state index >= 15 is 0 Å². The summed E-state index contributed by atoms with van der Waals surface area (Å²) in [6.07, 6.45) is -2.83. The molecule has 0 radical (unpaired) electrons. The van der Waals surface area contributed by atoms with Crippen LogP contribution in [-0.2, 0) is 0 Å². The molecule has 70 valence electrons. The predicted molar refractivity (Wildman–Crippen MR) is 44.6 cm³/mol. The Balaban J connectivity index is 3.26. The Labute approximate surface area is 73.7 Å². The first-order valence-electron chi connectivity index (χ1n) is 3.55. The van der Waals surface area contributed by atoms with E-state index in [0.717, 1.165) is 6.07 Å². The molecule has 2 N–H and O–H groups in total. The van der Waals surface area contributed by atoms with Gasteiger partial charge >= 0.3 is 0 Å². The number of benzene rings is 1. The molecule has 13 heavy (non-hydrogen) atoms. The normalized spacial score (nSPS) is 10.5. The van der Waals surface area contributed by atoms with E-state index in [2.05, 4.69) is 6.58 Å². The summed E-state index contributed by atoms with van der Waals surface area (Å²) in [5.74, 6) is -0.995. The predicted octanol–water partition coefficient (Wildman–Crippen LogP) is 2.69. The molecule has 0 saturated carbocycles. The fraction of sp³-hybridized carbons (Fsp3) is 0.111. The first kappa shape index (κ1) is 9.64. The molecule has 1 rings (SSSR count). The molecule has 0 aliphatic heterocycles. The van der Waals surface area contributed by atoms with Gasteiger partial charge in [-0.25, -0.2) is 13.2 Å².